The molecule has 3 heterocycles. The van der Waals surface area contributed by atoms with Crippen LogP contribution in [-0.2, 0) is 6.54 Å². The molecule has 4 aromatic rings. The maximum absolute atomic E-state index is 12.3. The van der Waals surface area contributed by atoms with E-state index in [1.807, 2.05) is 6.07 Å². The lowest BCUT2D eigenvalue weighted by molar-refractivity contribution is -0.274. The van der Waals surface area contributed by atoms with Crippen LogP contribution in [0.4, 0.5) is 18.9 Å². The molecular weight excluding hydrogens is 445 g/mol. The Morgan fingerprint density at radius 2 is 1.68 bits per heavy atom. The van der Waals surface area contributed by atoms with Crippen molar-refractivity contribution in [1.29, 1.82) is 0 Å². The van der Waals surface area contributed by atoms with Crippen LogP contribution in [-0.4, -0.2) is 47.2 Å². The van der Waals surface area contributed by atoms with Gasteiger partial charge in [0.1, 0.15) is 11.3 Å². The molecule has 0 saturated carbocycles. The SMILES string of the molecule is Oc1c2ncc(-c3ccc(N4CCNCC4)cc3)cc2cn1Cc1ccc(OC(F)(F)F)cc1. The number of fused-ring (bicyclic) bond motifs is 1. The van der Waals surface area contributed by atoms with E-state index in [9.17, 15) is 18.3 Å². The highest BCUT2D eigenvalue weighted by atomic mass is 19.4. The smallest absolute Gasteiger partial charge is 0.493 e. The lowest BCUT2D eigenvalue weighted by atomic mass is 10.1. The summed E-state index contributed by atoms with van der Waals surface area (Å²) in [6.45, 7) is 4.21. The van der Waals surface area contributed by atoms with Crippen molar-refractivity contribution < 1.29 is 23.0 Å². The number of alkyl halides is 3. The fourth-order valence-corrected chi connectivity index (χ4v) is 4.19. The molecule has 5 rings (SSSR count). The predicted octanol–water partition coefficient (Wildman–Crippen LogP) is 4.77. The highest BCUT2D eigenvalue weighted by Crippen LogP contribution is 2.31. The molecule has 0 atom stereocenters. The summed E-state index contributed by atoms with van der Waals surface area (Å²) in [6, 6.07) is 15.9. The number of aromatic nitrogens is 2. The standard InChI is InChI=1S/C25H23F3N4O2/c26-25(27,28)34-22-7-1-17(2-8-22)15-32-16-20-13-19(14-30-23(20)24(32)33)18-3-5-21(6-4-18)31-11-9-29-10-12-31/h1-8,13-14,16,29,33H,9-12,15H2. The third-order valence-electron chi connectivity index (χ3n) is 5.89. The minimum Gasteiger partial charge on any atom is -0.493 e. The Bertz CT molecular complexity index is 1280. The Kier molecular flexibility index (Phi) is 5.79. The number of hydrogen-bond acceptors (Lipinski definition) is 5. The van der Waals surface area contributed by atoms with E-state index in [2.05, 4.69) is 44.2 Å². The number of ether oxygens (including phenoxy) is 1. The highest BCUT2D eigenvalue weighted by molar-refractivity contribution is 5.87. The molecule has 2 aromatic carbocycles. The summed E-state index contributed by atoms with van der Waals surface area (Å²) in [5.41, 5.74) is 4.34. The predicted molar refractivity (Wildman–Crippen MR) is 124 cm³/mol. The molecule has 176 valence electrons. The van der Waals surface area contributed by atoms with Crippen molar-refractivity contribution in [2.24, 2.45) is 0 Å². The number of nitrogens with one attached hydrogen (secondary N) is 1. The van der Waals surface area contributed by atoms with Gasteiger partial charge < -0.3 is 24.6 Å². The quantitative estimate of drug-likeness (QED) is 0.442. The first-order valence-corrected chi connectivity index (χ1v) is 10.9. The van der Waals surface area contributed by atoms with Gasteiger partial charge in [-0.05, 0) is 41.5 Å². The van der Waals surface area contributed by atoms with Gasteiger partial charge in [0.15, 0.2) is 0 Å². The van der Waals surface area contributed by atoms with Crippen molar-refractivity contribution in [3.8, 4) is 22.8 Å². The van der Waals surface area contributed by atoms with Gasteiger partial charge in [-0.3, -0.25) is 0 Å². The average Bonchev–Trinajstić information content (AvgIpc) is 3.14. The van der Waals surface area contributed by atoms with E-state index in [1.54, 1.807) is 17.0 Å². The van der Waals surface area contributed by atoms with Crippen LogP contribution in [0.25, 0.3) is 22.0 Å². The number of nitrogens with zero attached hydrogens (tertiary/aromatic N) is 3. The van der Waals surface area contributed by atoms with Crippen molar-refractivity contribution >= 4 is 16.6 Å². The van der Waals surface area contributed by atoms with E-state index in [1.165, 1.54) is 30.0 Å². The molecule has 0 unspecified atom stereocenters. The first-order valence-electron chi connectivity index (χ1n) is 10.9. The Morgan fingerprint density at radius 1 is 0.971 bits per heavy atom. The maximum Gasteiger partial charge on any atom is 0.573 e. The summed E-state index contributed by atoms with van der Waals surface area (Å²) >= 11 is 0. The van der Waals surface area contributed by atoms with Crippen molar-refractivity contribution in [3.05, 3.63) is 72.6 Å². The normalized spacial score (nSPS) is 14.5. The number of benzene rings is 2. The Balaban J connectivity index is 1.34. The molecule has 6 nitrogen and oxygen atoms in total. The molecule has 34 heavy (non-hydrogen) atoms. The molecular formula is C25H23F3N4O2. The van der Waals surface area contributed by atoms with Gasteiger partial charge in [-0.25, -0.2) is 4.98 Å². The second-order valence-corrected chi connectivity index (χ2v) is 8.22. The Labute approximate surface area is 194 Å². The van der Waals surface area contributed by atoms with Crippen LogP contribution >= 0.6 is 0 Å². The summed E-state index contributed by atoms with van der Waals surface area (Å²) in [6.07, 6.45) is -1.21. The van der Waals surface area contributed by atoms with Gasteiger partial charge in [0, 0.05) is 55.2 Å². The molecule has 0 bridgehead atoms. The van der Waals surface area contributed by atoms with E-state index in [4.69, 9.17) is 0 Å². The molecule has 0 aliphatic carbocycles. The van der Waals surface area contributed by atoms with Crippen LogP contribution in [0.3, 0.4) is 0 Å². The fourth-order valence-electron chi connectivity index (χ4n) is 4.19. The third-order valence-corrected chi connectivity index (χ3v) is 5.89. The van der Waals surface area contributed by atoms with Crippen LogP contribution in [0.5, 0.6) is 11.6 Å². The number of hydrogen-bond donors (Lipinski definition) is 2. The molecule has 0 radical (unpaired) electrons. The number of halogens is 3. The third kappa shape index (κ3) is 4.79. The van der Waals surface area contributed by atoms with E-state index < -0.39 is 6.36 Å². The van der Waals surface area contributed by atoms with Crippen LogP contribution in [0, 0.1) is 0 Å². The lowest BCUT2D eigenvalue weighted by Gasteiger charge is -2.29. The van der Waals surface area contributed by atoms with E-state index in [0.717, 1.165) is 42.7 Å². The molecule has 0 spiro atoms. The largest absolute Gasteiger partial charge is 0.573 e. The summed E-state index contributed by atoms with van der Waals surface area (Å²) in [5.74, 6) is -0.279. The number of rotatable bonds is 5. The summed E-state index contributed by atoms with van der Waals surface area (Å²) < 4.78 is 42.6. The fraction of sp³-hybridized carbons (Fsp3) is 0.240. The van der Waals surface area contributed by atoms with Gasteiger partial charge in [0.05, 0.1) is 6.54 Å². The van der Waals surface area contributed by atoms with Crippen LogP contribution in [0.1, 0.15) is 5.56 Å². The molecule has 0 amide bonds. The van der Waals surface area contributed by atoms with Gasteiger partial charge >= 0.3 is 6.36 Å². The zero-order valence-electron chi connectivity index (χ0n) is 18.2. The van der Waals surface area contributed by atoms with E-state index >= 15 is 0 Å². The van der Waals surface area contributed by atoms with Crippen molar-refractivity contribution in [2.75, 3.05) is 31.1 Å². The number of anilines is 1. The second-order valence-electron chi connectivity index (χ2n) is 8.22. The average molecular weight is 468 g/mol. The number of pyridine rings is 1. The monoisotopic (exact) mass is 468 g/mol. The first-order chi connectivity index (χ1) is 16.4. The van der Waals surface area contributed by atoms with Gasteiger partial charge in [-0.2, -0.15) is 0 Å². The second kappa shape index (κ2) is 8.90. The topological polar surface area (TPSA) is 62.6 Å². The van der Waals surface area contributed by atoms with Gasteiger partial charge in [-0.1, -0.05) is 24.3 Å². The lowest BCUT2D eigenvalue weighted by Crippen LogP contribution is -2.43. The molecule has 1 fully saturated rings. The molecule has 1 aliphatic heterocycles. The van der Waals surface area contributed by atoms with Crippen molar-refractivity contribution in [3.63, 3.8) is 0 Å². The molecule has 2 N–H and O–H groups in total. The van der Waals surface area contributed by atoms with Crippen LogP contribution in [0.2, 0.25) is 0 Å². The zero-order valence-corrected chi connectivity index (χ0v) is 18.2. The van der Waals surface area contributed by atoms with Crippen molar-refractivity contribution in [1.82, 2.24) is 14.9 Å². The van der Waals surface area contributed by atoms with Crippen molar-refractivity contribution in [2.45, 2.75) is 12.9 Å². The molecule has 2 aromatic heterocycles. The minimum atomic E-state index is -4.73. The minimum absolute atomic E-state index is 0.00576. The summed E-state index contributed by atoms with van der Waals surface area (Å²) in [4.78, 5) is 6.80. The van der Waals surface area contributed by atoms with Crippen LogP contribution in [0.15, 0.2) is 67.0 Å². The summed E-state index contributed by atoms with van der Waals surface area (Å²) in [5, 5.41) is 14.7. The number of piperazine rings is 1. The molecule has 1 saturated heterocycles. The zero-order chi connectivity index (χ0) is 23.7. The first kappa shape index (κ1) is 22.1. The maximum atomic E-state index is 12.3. The summed E-state index contributed by atoms with van der Waals surface area (Å²) in [7, 11) is 0. The van der Waals surface area contributed by atoms with E-state index in [0.29, 0.717) is 11.1 Å². The van der Waals surface area contributed by atoms with E-state index in [-0.39, 0.29) is 18.2 Å². The Hall–Kier alpha value is -3.72. The number of aromatic hydroxyl groups is 1. The van der Waals surface area contributed by atoms with Gasteiger partial charge in [0.25, 0.3) is 0 Å². The molecule has 9 heteroatoms. The Morgan fingerprint density at radius 3 is 2.35 bits per heavy atom. The highest BCUT2D eigenvalue weighted by Gasteiger charge is 2.31. The van der Waals surface area contributed by atoms with Gasteiger partial charge in [-0.15, -0.1) is 13.2 Å². The van der Waals surface area contributed by atoms with Crippen LogP contribution < -0.4 is 15.0 Å². The van der Waals surface area contributed by atoms with Gasteiger partial charge in [0.2, 0.25) is 5.88 Å². The molecule has 1 aliphatic rings.